The Bertz CT molecular complexity index is 1330. The van der Waals surface area contributed by atoms with E-state index >= 15 is 0 Å². The fraction of sp³-hybridized carbons (Fsp3) is 0.120. The van der Waals surface area contributed by atoms with Gasteiger partial charge in [-0.1, -0.05) is 59.1 Å². The van der Waals surface area contributed by atoms with Gasteiger partial charge in [-0.15, -0.1) is 0 Å². The number of hydrazone groups is 1. The minimum Gasteiger partial charge on any atom is -0.490 e. The molecule has 0 spiro atoms. The summed E-state index contributed by atoms with van der Waals surface area (Å²) in [6.07, 6.45) is 1.46. The molecule has 0 aliphatic rings. The Morgan fingerprint density at radius 2 is 1.82 bits per heavy atom. The van der Waals surface area contributed by atoms with Gasteiger partial charge in [-0.2, -0.15) is 5.10 Å². The second kappa shape index (κ2) is 10.8. The van der Waals surface area contributed by atoms with Crippen molar-refractivity contribution in [2.24, 2.45) is 5.10 Å². The van der Waals surface area contributed by atoms with Crippen LogP contribution < -0.4 is 14.9 Å². The fourth-order valence-electron chi connectivity index (χ4n) is 3.16. The van der Waals surface area contributed by atoms with Crippen LogP contribution in [-0.2, 0) is 6.61 Å². The van der Waals surface area contributed by atoms with Crippen molar-refractivity contribution in [1.82, 2.24) is 5.43 Å². The van der Waals surface area contributed by atoms with Gasteiger partial charge in [0.05, 0.1) is 27.9 Å². The van der Waals surface area contributed by atoms with Gasteiger partial charge in [0.25, 0.3) is 0 Å². The number of fused-ring (bicyclic) bond motifs is 1. The van der Waals surface area contributed by atoms with Crippen LogP contribution in [0.25, 0.3) is 11.0 Å². The van der Waals surface area contributed by atoms with Gasteiger partial charge in [0.15, 0.2) is 17.3 Å². The van der Waals surface area contributed by atoms with Crippen LogP contribution in [0.15, 0.2) is 70.2 Å². The molecule has 4 rings (SSSR count). The standard InChI is InChI=1S/C25H19Cl3N2O4/c1-2-32-22-11-16(10-20(28)24(22)33-14-15-7-8-18(26)19(27)9-15)13-29-30-25(31)23-12-17-5-3-4-6-21(17)34-23/h3-13H,2,14H2,1H3,(H,30,31)/b29-13+. The summed E-state index contributed by atoms with van der Waals surface area (Å²) in [6, 6.07) is 17.6. The van der Waals surface area contributed by atoms with Gasteiger partial charge in [-0.3, -0.25) is 4.79 Å². The molecule has 0 aliphatic carbocycles. The molecule has 9 heteroatoms. The number of hydrogen-bond donors (Lipinski definition) is 1. The molecule has 0 saturated heterocycles. The number of rotatable bonds is 8. The van der Waals surface area contributed by atoms with Crippen molar-refractivity contribution < 1.29 is 18.7 Å². The largest absolute Gasteiger partial charge is 0.490 e. The van der Waals surface area contributed by atoms with E-state index in [0.717, 1.165) is 10.9 Å². The average molecular weight is 518 g/mol. The second-order valence-corrected chi connectivity index (χ2v) is 8.37. The molecule has 6 nitrogen and oxygen atoms in total. The van der Waals surface area contributed by atoms with E-state index in [0.29, 0.717) is 44.3 Å². The Balaban J connectivity index is 1.46. The summed E-state index contributed by atoms with van der Waals surface area (Å²) >= 11 is 18.5. The maximum Gasteiger partial charge on any atom is 0.307 e. The van der Waals surface area contributed by atoms with Crippen LogP contribution in [0.5, 0.6) is 11.5 Å². The van der Waals surface area contributed by atoms with E-state index in [1.165, 1.54) is 6.21 Å². The number of benzene rings is 3. The Morgan fingerprint density at radius 1 is 1.00 bits per heavy atom. The second-order valence-electron chi connectivity index (χ2n) is 7.15. The molecule has 34 heavy (non-hydrogen) atoms. The molecule has 1 amide bonds. The van der Waals surface area contributed by atoms with Crippen molar-refractivity contribution in [2.45, 2.75) is 13.5 Å². The maximum atomic E-state index is 12.4. The van der Waals surface area contributed by atoms with Gasteiger partial charge >= 0.3 is 5.91 Å². The third kappa shape index (κ3) is 5.65. The summed E-state index contributed by atoms with van der Waals surface area (Å²) in [5.74, 6) is 0.528. The Hall–Kier alpha value is -3.19. The zero-order valence-electron chi connectivity index (χ0n) is 18.0. The Labute approximate surface area is 211 Å². The molecule has 1 N–H and O–H groups in total. The van der Waals surface area contributed by atoms with Crippen LogP contribution in [0.1, 0.15) is 28.6 Å². The lowest BCUT2D eigenvalue weighted by atomic mass is 10.2. The van der Waals surface area contributed by atoms with Gasteiger partial charge in [-0.05, 0) is 54.4 Å². The first-order chi connectivity index (χ1) is 16.4. The molecule has 0 aliphatic heterocycles. The minimum absolute atomic E-state index is 0.164. The van der Waals surface area contributed by atoms with E-state index in [2.05, 4.69) is 10.5 Å². The normalized spacial score (nSPS) is 11.2. The zero-order chi connectivity index (χ0) is 24.1. The van der Waals surface area contributed by atoms with Gasteiger partial charge in [0.1, 0.15) is 12.2 Å². The molecule has 1 aromatic heterocycles. The van der Waals surface area contributed by atoms with Crippen LogP contribution >= 0.6 is 34.8 Å². The molecule has 0 fully saturated rings. The van der Waals surface area contributed by atoms with Crippen molar-refractivity contribution in [3.05, 3.63) is 92.6 Å². The fourth-order valence-corrected chi connectivity index (χ4v) is 3.76. The van der Waals surface area contributed by atoms with Gasteiger partial charge in [0, 0.05) is 5.39 Å². The van der Waals surface area contributed by atoms with Crippen molar-refractivity contribution in [1.29, 1.82) is 0 Å². The van der Waals surface area contributed by atoms with E-state index in [9.17, 15) is 4.79 Å². The molecular weight excluding hydrogens is 499 g/mol. The molecule has 0 unspecified atom stereocenters. The molecule has 0 bridgehead atoms. The van der Waals surface area contributed by atoms with Crippen molar-refractivity contribution >= 4 is 57.9 Å². The summed E-state index contributed by atoms with van der Waals surface area (Å²) in [6.45, 7) is 2.48. The highest BCUT2D eigenvalue weighted by Crippen LogP contribution is 2.37. The average Bonchev–Trinajstić information content (AvgIpc) is 3.25. The molecule has 4 aromatic rings. The third-order valence-corrected chi connectivity index (χ3v) is 5.75. The zero-order valence-corrected chi connectivity index (χ0v) is 20.2. The van der Waals surface area contributed by atoms with E-state index < -0.39 is 5.91 Å². The summed E-state index contributed by atoms with van der Waals surface area (Å²) < 4.78 is 17.1. The van der Waals surface area contributed by atoms with Crippen LogP contribution in [0.4, 0.5) is 0 Å². The van der Waals surface area contributed by atoms with Gasteiger partial charge in [-0.25, -0.2) is 5.43 Å². The number of ether oxygens (including phenoxy) is 2. The summed E-state index contributed by atoms with van der Waals surface area (Å²) in [5, 5.41) is 6.08. The van der Waals surface area contributed by atoms with Crippen molar-refractivity contribution in [3.8, 4) is 11.5 Å². The molecule has 0 radical (unpaired) electrons. The smallest absolute Gasteiger partial charge is 0.307 e. The summed E-state index contributed by atoms with van der Waals surface area (Å²) in [5.41, 5.74) is 4.51. The number of halogens is 3. The van der Waals surface area contributed by atoms with Crippen molar-refractivity contribution in [2.75, 3.05) is 6.61 Å². The lowest BCUT2D eigenvalue weighted by Gasteiger charge is -2.14. The highest BCUT2D eigenvalue weighted by atomic mass is 35.5. The lowest BCUT2D eigenvalue weighted by molar-refractivity contribution is 0.0929. The number of hydrogen-bond acceptors (Lipinski definition) is 5. The van der Waals surface area contributed by atoms with Crippen LogP contribution in [0, 0.1) is 0 Å². The highest BCUT2D eigenvalue weighted by molar-refractivity contribution is 6.42. The van der Waals surface area contributed by atoms with Crippen molar-refractivity contribution in [3.63, 3.8) is 0 Å². The Kier molecular flexibility index (Phi) is 7.63. The molecule has 0 atom stereocenters. The predicted molar refractivity (Wildman–Crippen MR) is 135 cm³/mol. The Morgan fingerprint density at radius 3 is 2.59 bits per heavy atom. The molecule has 1 heterocycles. The predicted octanol–water partition coefficient (Wildman–Crippen LogP) is 7.13. The van der Waals surface area contributed by atoms with Crippen LogP contribution in [-0.4, -0.2) is 18.7 Å². The van der Waals surface area contributed by atoms with E-state index in [-0.39, 0.29) is 12.4 Å². The summed E-state index contributed by atoms with van der Waals surface area (Å²) in [4.78, 5) is 12.4. The van der Waals surface area contributed by atoms with Crippen LogP contribution in [0.2, 0.25) is 15.1 Å². The van der Waals surface area contributed by atoms with Gasteiger partial charge in [0.2, 0.25) is 0 Å². The number of carbonyl (C=O) groups is 1. The number of nitrogens with one attached hydrogen (secondary N) is 1. The first-order valence-electron chi connectivity index (χ1n) is 10.3. The lowest BCUT2D eigenvalue weighted by Crippen LogP contribution is -2.16. The highest BCUT2D eigenvalue weighted by Gasteiger charge is 2.14. The number of furan rings is 1. The minimum atomic E-state index is -0.467. The van der Waals surface area contributed by atoms with E-state index in [4.69, 9.17) is 48.7 Å². The maximum absolute atomic E-state index is 12.4. The van der Waals surface area contributed by atoms with Crippen LogP contribution in [0.3, 0.4) is 0 Å². The van der Waals surface area contributed by atoms with E-state index in [1.807, 2.05) is 31.2 Å². The molecule has 3 aromatic carbocycles. The SMILES string of the molecule is CCOc1cc(/C=N/NC(=O)c2cc3ccccc3o2)cc(Cl)c1OCc1ccc(Cl)c(Cl)c1. The molecule has 174 valence electrons. The first kappa shape index (κ1) is 24.0. The number of amides is 1. The molecule has 0 saturated carbocycles. The number of para-hydroxylation sites is 1. The number of carbonyl (C=O) groups excluding carboxylic acids is 1. The van der Waals surface area contributed by atoms with E-state index in [1.54, 1.807) is 36.4 Å². The topological polar surface area (TPSA) is 73.1 Å². The first-order valence-corrected chi connectivity index (χ1v) is 11.4. The number of nitrogens with zero attached hydrogens (tertiary/aromatic N) is 1. The third-order valence-electron chi connectivity index (χ3n) is 4.73. The molecular formula is C25H19Cl3N2O4. The quantitative estimate of drug-likeness (QED) is 0.199. The summed E-state index contributed by atoms with van der Waals surface area (Å²) in [7, 11) is 0. The van der Waals surface area contributed by atoms with Gasteiger partial charge < -0.3 is 13.9 Å². The monoisotopic (exact) mass is 516 g/mol.